The summed E-state index contributed by atoms with van der Waals surface area (Å²) in [6, 6.07) is 7.21. The minimum Gasteiger partial charge on any atom is -0.435 e. The lowest BCUT2D eigenvalue weighted by Crippen LogP contribution is -2.18. The summed E-state index contributed by atoms with van der Waals surface area (Å²) in [4.78, 5) is 0. The summed E-state index contributed by atoms with van der Waals surface area (Å²) in [6.45, 7) is -2.76. The highest BCUT2D eigenvalue weighted by Gasteiger charge is 2.30. The van der Waals surface area contributed by atoms with E-state index < -0.39 is 6.61 Å². The molecule has 0 amide bonds. The van der Waals surface area contributed by atoms with Crippen LogP contribution in [0, 0.1) is 5.92 Å². The van der Waals surface area contributed by atoms with Crippen LogP contribution in [-0.2, 0) is 0 Å². The van der Waals surface area contributed by atoms with Crippen LogP contribution >= 0.6 is 0 Å². The van der Waals surface area contributed by atoms with Crippen LogP contribution in [0.4, 0.5) is 8.78 Å². The predicted octanol–water partition coefficient (Wildman–Crippen LogP) is 2.96. The smallest absolute Gasteiger partial charge is 0.387 e. The van der Waals surface area contributed by atoms with Crippen molar-refractivity contribution in [1.82, 2.24) is 5.32 Å². The largest absolute Gasteiger partial charge is 0.435 e. The van der Waals surface area contributed by atoms with Gasteiger partial charge in [0, 0.05) is 6.04 Å². The molecule has 0 spiro atoms. The molecule has 4 heteroatoms. The van der Waals surface area contributed by atoms with Crippen molar-refractivity contribution in [3.63, 3.8) is 0 Å². The van der Waals surface area contributed by atoms with Gasteiger partial charge in [-0.15, -0.1) is 0 Å². The molecule has 1 fully saturated rings. The Morgan fingerprint density at radius 1 is 1.25 bits per heavy atom. The third kappa shape index (κ3) is 2.70. The lowest BCUT2D eigenvalue weighted by molar-refractivity contribution is -0.0498. The maximum atomic E-state index is 11.9. The van der Waals surface area contributed by atoms with Crippen LogP contribution in [0.15, 0.2) is 24.3 Å². The molecule has 1 aromatic carbocycles. The van der Waals surface area contributed by atoms with Gasteiger partial charge in [0.15, 0.2) is 0 Å². The highest BCUT2D eigenvalue weighted by atomic mass is 19.3. The van der Waals surface area contributed by atoms with E-state index in [1.807, 2.05) is 19.2 Å². The SMILES string of the molecule is CNC(c1ccc(OC(F)F)cc1)C1CC1. The van der Waals surface area contributed by atoms with E-state index in [0.717, 1.165) is 5.56 Å². The zero-order valence-corrected chi connectivity index (χ0v) is 9.12. The first kappa shape index (κ1) is 11.3. The molecule has 88 valence electrons. The van der Waals surface area contributed by atoms with E-state index in [4.69, 9.17) is 0 Å². The van der Waals surface area contributed by atoms with Crippen LogP contribution < -0.4 is 10.1 Å². The average molecular weight is 227 g/mol. The molecule has 2 nitrogen and oxygen atoms in total. The first-order valence-corrected chi connectivity index (χ1v) is 5.42. The van der Waals surface area contributed by atoms with Gasteiger partial charge in [-0.25, -0.2) is 0 Å². The number of hydrogen-bond donors (Lipinski definition) is 1. The second-order valence-corrected chi connectivity index (χ2v) is 4.05. The Labute approximate surface area is 93.6 Å². The van der Waals surface area contributed by atoms with Crippen LogP contribution in [0.25, 0.3) is 0 Å². The van der Waals surface area contributed by atoms with E-state index in [1.165, 1.54) is 12.8 Å². The van der Waals surface area contributed by atoms with E-state index in [0.29, 0.717) is 12.0 Å². The van der Waals surface area contributed by atoms with Crippen molar-refractivity contribution in [3.8, 4) is 5.75 Å². The molecule has 0 bridgehead atoms. The zero-order valence-electron chi connectivity index (χ0n) is 9.12. The van der Waals surface area contributed by atoms with Crippen molar-refractivity contribution in [2.24, 2.45) is 5.92 Å². The van der Waals surface area contributed by atoms with Crippen LogP contribution in [0.2, 0.25) is 0 Å². The van der Waals surface area contributed by atoms with Crippen LogP contribution in [-0.4, -0.2) is 13.7 Å². The molecular formula is C12H15F2NO. The summed E-state index contributed by atoms with van der Waals surface area (Å²) in [6.07, 6.45) is 2.47. The van der Waals surface area contributed by atoms with Crippen molar-refractivity contribution in [1.29, 1.82) is 0 Å². The number of ether oxygens (including phenoxy) is 1. The van der Waals surface area contributed by atoms with Gasteiger partial charge in [0.1, 0.15) is 5.75 Å². The fourth-order valence-corrected chi connectivity index (χ4v) is 1.96. The number of nitrogens with one attached hydrogen (secondary N) is 1. The number of benzene rings is 1. The van der Waals surface area contributed by atoms with E-state index in [2.05, 4.69) is 10.1 Å². The van der Waals surface area contributed by atoms with Crippen LogP contribution in [0.5, 0.6) is 5.75 Å². The fraction of sp³-hybridized carbons (Fsp3) is 0.500. The average Bonchev–Trinajstić information content (AvgIpc) is 3.05. The van der Waals surface area contributed by atoms with Crippen molar-refractivity contribution >= 4 is 0 Å². The molecule has 1 unspecified atom stereocenters. The molecule has 0 heterocycles. The number of halogens is 2. The summed E-state index contributed by atoms with van der Waals surface area (Å²) in [5, 5.41) is 3.25. The minimum atomic E-state index is -2.76. The zero-order chi connectivity index (χ0) is 11.5. The number of alkyl halides is 2. The standard InChI is InChI=1S/C12H15F2NO/c1-15-11(8-2-3-8)9-4-6-10(7-5-9)16-12(13)14/h4-8,11-12,15H,2-3H2,1H3. The van der Waals surface area contributed by atoms with E-state index >= 15 is 0 Å². The summed E-state index contributed by atoms with van der Waals surface area (Å²) < 4.78 is 28.2. The third-order valence-electron chi connectivity index (χ3n) is 2.87. The maximum absolute atomic E-state index is 11.9. The molecule has 1 saturated carbocycles. The highest BCUT2D eigenvalue weighted by molar-refractivity contribution is 5.30. The van der Waals surface area contributed by atoms with Crippen molar-refractivity contribution in [2.45, 2.75) is 25.5 Å². The normalized spacial score (nSPS) is 17.5. The van der Waals surface area contributed by atoms with Crippen molar-refractivity contribution in [2.75, 3.05) is 7.05 Å². The molecule has 1 aliphatic carbocycles. The minimum absolute atomic E-state index is 0.212. The Hall–Kier alpha value is -1.16. The predicted molar refractivity (Wildman–Crippen MR) is 57.6 cm³/mol. The summed E-state index contributed by atoms with van der Waals surface area (Å²) >= 11 is 0. The molecule has 1 N–H and O–H groups in total. The lowest BCUT2D eigenvalue weighted by Gasteiger charge is -2.16. The van der Waals surface area contributed by atoms with Crippen molar-refractivity contribution < 1.29 is 13.5 Å². The van der Waals surface area contributed by atoms with E-state index in [9.17, 15) is 8.78 Å². The lowest BCUT2D eigenvalue weighted by atomic mass is 10.0. The molecule has 16 heavy (non-hydrogen) atoms. The Morgan fingerprint density at radius 3 is 2.31 bits per heavy atom. The van der Waals surface area contributed by atoms with Gasteiger partial charge in [-0.2, -0.15) is 8.78 Å². The summed E-state index contributed by atoms with van der Waals surface area (Å²) in [5.74, 6) is 0.899. The highest BCUT2D eigenvalue weighted by Crippen LogP contribution is 2.40. The molecule has 0 aliphatic heterocycles. The molecule has 1 atom stereocenters. The molecule has 0 saturated heterocycles. The van der Waals surface area contributed by atoms with Crippen LogP contribution in [0.3, 0.4) is 0 Å². The Morgan fingerprint density at radius 2 is 1.88 bits per heavy atom. The van der Waals surface area contributed by atoms with Gasteiger partial charge in [0.25, 0.3) is 0 Å². The van der Waals surface area contributed by atoms with Gasteiger partial charge in [-0.1, -0.05) is 12.1 Å². The van der Waals surface area contributed by atoms with Crippen LogP contribution in [0.1, 0.15) is 24.4 Å². The van der Waals surface area contributed by atoms with Gasteiger partial charge >= 0.3 is 6.61 Å². The molecule has 0 radical (unpaired) electrons. The van der Waals surface area contributed by atoms with E-state index in [-0.39, 0.29) is 5.75 Å². The van der Waals surface area contributed by atoms with Gasteiger partial charge in [-0.05, 0) is 43.5 Å². The molecule has 1 aliphatic rings. The second kappa shape index (κ2) is 4.78. The molecular weight excluding hydrogens is 212 g/mol. The Balaban J connectivity index is 2.05. The Kier molecular flexibility index (Phi) is 3.39. The van der Waals surface area contributed by atoms with E-state index in [1.54, 1.807) is 12.1 Å². The van der Waals surface area contributed by atoms with Crippen molar-refractivity contribution in [3.05, 3.63) is 29.8 Å². The monoisotopic (exact) mass is 227 g/mol. The summed E-state index contributed by atoms with van der Waals surface area (Å²) in [7, 11) is 1.92. The first-order chi connectivity index (χ1) is 7.70. The maximum Gasteiger partial charge on any atom is 0.387 e. The van der Waals surface area contributed by atoms with Gasteiger partial charge in [0.05, 0.1) is 0 Å². The summed E-state index contributed by atoms with van der Waals surface area (Å²) in [5.41, 5.74) is 1.13. The number of hydrogen-bond acceptors (Lipinski definition) is 2. The van der Waals surface area contributed by atoms with Gasteiger partial charge < -0.3 is 10.1 Å². The molecule has 0 aromatic heterocycles. The molecule has 1 aromatic rings. The molecule has 2 rings (SSSR count). The fourth-order valence-electron chi connectivity index (χ4n) is 1.96. The number of rotatable bonds is 5. The quantitative estimate of drug-likeness (QED) is 0.835. The second-order valence-electron chi connectivity index (χ2n) is 4.05. The Bertz CT molecular complexity index is 335. The topological polar surface area (TPSA) is 21.3 Å². The van der Waals surface area contributed by atoms with Gasteiger partial charge in [-0.3, -0.25) is 0 Å². The van der Waals surface area contributed by atoms with Gasteiger partial charge in [0.2, 0.25) is 0 Å². The third-order valence-corrected chi connectivity index (χ3v) is 2.87. The first-order valence-electron chi connectivity index (χ1n) is 5.42.